The Kier molecular flexibility index (Phi) is 2.16. The summed E-state index contributed by atoms with van der Waals surface area (Å²) in [4.78, 5) is 0. The SMILES string of the molecule is CC(CC#N)c1nn[nH]c1F. The fourth-order valence-corrected chi connectivity index (χ4v) is 0.772. The van der Waals surface area contributed by atoms with Gasteiger partial charge in [-0.15, -0.1) is 5.10 Å². The summed E-state index contributed by atoms with van der Waals surface area (Å²) in [5, 5.41) is 17.1. The molecule has 0 aliphatic heterocycles. The summed E-state index contributed by atoms with van der Waals surface area (Å²) in [5.74, 6) is -0.744. The second-order valence-corrected chi connectivity index (χ2v) is 2.27. The fourth-order valence-electron chi connectivity index (χ4n) is 0.772. The molecule has 1 atom stereocenters. The van der Waals surface area contributed by atoms with E-state index in [0.29, 0.717) is 0 Å². The van der Waals surface area contributed by atoms with E-state index in [4.69, 9.17) is 5.26 Å². The van der Waals surface area contributed by atoms with Gasteiger partial charge in [0.25, 0.3) is 0 Å². The third-order valence-corrected chi connectivity index (χ3v) is 1.40. The Bertz CT molecular complexity index is 274. The van der Waals surface area contributed by atoms with Crippen molar-refractivity contribution < 1.29 is 4.39 Å². The van der Waals surface area contributed by atoms with Crippen molar-refractivity contribution in [3.8, 4) is 6.07 Å². The van der Waals surface area contributed by atoms with E-state index in [1.165, 1.54) is 0 Å². The Labute approximate surface area is 63.0 Å². The molecule has 0 aliphatic rings. The Morgan fingerprint density at radius 3 is 3.00 bits per heavy atom. The number of nitriles is 1. The molecule has 0 fully saturated rings. The maximum atomic E-state index is 12.6. The van der Waals surface area contributed by atoms with Crippen molar-refractivity contribution in [1.29, 1.82) is 5.26 Å². The maximum absolute atomic E-state index is 12.6. The second-order valence-electron chi connectivity index (χ2n) is 2.27. The minimum Gasteiger partial charge on any atom is -0.232 e. The van der Waals surface area contributed by atoms with Crippen molar-refractivity contribution in [2.75, 3.05) is 0 Å². The Morgan fingerprint density at radius 1 is 1.82 bits per heavy atom. The number of halogens is 1. The molecule has 1 rings (SSSR count). The topological polar surface area (TPSA) is 65.4 Å². The highest BCUT2D eigenvalue weighted by atomic mass is 19.1. The molecule has 1 unspecified atom stereocenters. The van der Waals surface area contributed by atoms with E-state index < -0.39 is 5.95 Å². The molecule has 0 aliphatic carbocycles. The van der Waals surface area contributed by atoms with E-state index in [9.17, 15) is 4.39 Å². The number of aromatic nitrogens is 3. The first-order chi connectivity index (χ1) is 5.25. The molecule has 0 saturated carbocycles. The monoisotopic (exact) mass is 154 g/mol. The average molecular weight is 154 g/mol. The van der Waals surface area contributed by atoms with Crippen LogP contribution in [-0.2, 0) is 0 Å². The van der Waals surface area contributed by atoms with Crippen molar-refractivity contribution in [2.45, 2.75) is 19.3 Å². The molecular formula is C6H7FN4. The van der Waals surface area contributed by atoms with Gasteiger partial charge < -0.3 is 0 Å². The predicted molar refractivity (Wildman–Crippen MR) is 35.0 cm³/mol. The zero-order valence-corrected chi connectivity index (χ0v) is 6.00. The Hall–Kier alpha value is -1.44. The van der Waals surface area contributed by atoms with Crippen molar-refractivity contribution in [3.63, 3.8) is 0 Å². The maximum Gasteiger partial charge on any atom is 0.232 e. The van der Waals surface area contributed by atoms with Crippen molar-refractivity contribution >= 4 is 0 Å². The fraction of sp³-hybridized carbons (Fsp3) is 0.500. The summed E-state index contributed by atoms with van der Waals surface area (Å²) in [6, 6.07) is 1.93. The molecule has 0 aromatic carbocycles. The first-order valence-corrected chi connectivity index (χ1v) is 3.19. The van der Waals surface area contributed by atoms with Crippen LogP contribution >= 0.6 is 0 Å². The Morgan fingerprint density at radius 2 is 2.55 bits per heavy atom. The predicted octanol–water partition coefficient (Wildman–Crippen LogP) is 0.961. The number of nitrogens with one attached hydrogen (secondary N) is 1. The third-order valence-electron chi connectivity index (χ3n) is 1.40. The first-order valence-electron chi connectivity index (χ1n) is 3.19. The molecule has 0 radical (unpaired) electrons. The molecular weight excluding hydrogens is 147 g/mol. The normalized spacial score (nSPS) is 12.5. The van der Waals surface area contributed by atoms with Gasteiger partial charge in [-0.2, -0.15) is 9.65 Å². The summed E-state index contributed by atoms with van der Waals surface area (Å²) < 4.78 is 12.6. The first kappa shape index (κ1) is 7.66. The highest BCUT2D eigenvalue weighted by molar-refractivity contribution is 5.04. The van der Waals surface area contributed by atoms with Crippen LogP contribution in [0.2, 0.25) is 0 Å². The molecule has 4 nitrogen and oxygen atoms in total. The molecule has 5 heteroatoms. The number of aromatic amines is 1. The van der Waals surface area contributed by atoms with E-state index in [1.54, 1.807) is 6.92 Å². The van der Waals surface area contributed by atoms with Crippen LogP contribution in [-0.4, -0.2) is 15.4 Å². The van der Waals surface area contributed by atoms with Gasteiger partial charge in [0, 0.05) is 12.3 Å². The third kappa shape index (κ3) is 1.52. The molecule has 0 amide bonds. The average Bonchev–Trinajstić information content (AvgIpc) is 2.36. The van der Waals surface area contributed by atoms with E-state index in [1.807, 2.05) is 6.07 Å². The summed E-state index contributed by atoms with van der Waals surface area (Å²) in [6.07, 6.45) is 0.253. The van der Waals surface area contributed by atoms with Gasteiger partial charge in [-0.1, -0.05) is 12.1 Å². The second kappa shape index (κ2) is 3.10. The molecule has 1 heterocycles. The molecule has 1 aromatic rings. The molecule has 0 bridgehead atoms. The lowest BCUT2D eigenvalue weighted by atomic mass is 10.1. The number of rotatable bonds is 2. The van der Waals surface area contributed by atoms with Crippen molar-refractivity contribution in [1.82, 2.24) is 15.4 Å². The summed E-state index contributed by atoms with van der Waals surface area (Å²) in [6.45, 7) is 1.73. The highest BCUT2D eigenvalue weighted by Gasteiger charge is 2.13. The van der Waals surface area contributed by atoms with Gasteiger partial charge in [-0.25, -0.2) is 5.10 Å². The lowest BCUT2D eigenvalue weighted by Crippen LogP contribution is -1.95. The summed E-state index contributed by atoms with van der Waals surface area (Å²) in [7, 11) is 0. The van der Waals surface area contributed by atoms with Crippen LogP contribution in [0.4, 0.5) is 4.39 Å². The zero-order valence-electron chi connectivity index (χ0n) is 6.00. The molecule has 0 saturated heterocycles. The van der Waals surface area contributed by atoms with Crippen LogP contribution in [0.3, 0.4) is 0 Å². The quantitative estimate of drug-likeness (QED) is 0.689. The van der Waals surface area contributed by atoms with Crippen LogP contribution in [0.25, 0.3) is 0 Å². The molecule has 1 aromatic heterocycles. The van der Waals surface area contributed by atoms with Crippen molar-refractivity contribution in [3.05, 3.63) is 11.6 Å². The van der Waals surface area contributed by atoms with Gasteiger partial charge in [-0.05, 0) is 0 Å². The standard InChI is InChI=1S/C6H7FN4/c1-4(2-3-8)5-6(7)10-11-9-5/h4H,2H2,1H3,(H,9,10,11). The zero-order chi connectivity index (χ0) is 8.27. The summed E-state index contributed by atoms with van der Waals surface area (Å²) >= 11 is 0. The molecule has 58 valence electrons. The number of H-pyrrole nitrogens is 1. The molecule has 1 N–H and O–H groups in total. The van der Waals surface area contributed by atoms with Crippen LogP contribution < -0.4 is 0 Å². The lowest BCUT2D eigenvalue weighted by molar-refractivity contribution is 0.553. The summed E-state index contributed by atoms with van der Waals surface area (Å²) in [5.41, 5.74) is 0.228. The molecule has 11 heavy (non-hydrogen) atoms. The van der Waals surface area contributed by atoms with Crippen LogP contribution in [0.15, 0.2) is 0 Å². The smallest absolute Gasteiger partial charge is 0.232 e. The number of hydrogen-bond acceptors (Lipinski definition) is 3. The lowest BCUT2D eigenvalue weighted by Gasteiger charge is -1.99. The van der Waals surface area contributed by atoms with Gasteiger partial charge in [0.1, 0.15) is 5.69 Å². The van der Waals surface area contributed by atoms with Crippen molar-refractivity contribution in [2.24, 2.45) is 0 Å². The van der Waals surface area contributed by atoms with Gasteiger partial charge in [0.2, 0.25) is 5.95 Å². The minimum absolute atomic E-state index is 0.196. The number of hydrogen-bond donors (Lipinski definition) is 1. The van der Waals surface area contributed by atoms with Gasteiger partial charge in [0.05, 0.1) is 6.07 Å². The number of nitrogens with zero attached hydrogens (tertiary/aromatic N) is 3. The van der Waals surface area contributed by atoms with Gasteiger partial charge >= 0.3 is 0 Å². The highest BCUT2D eigenvalue weighted by Crippen LogP contribution is 2.16. The van der Waals surface area contributed by atoms with Crippen LogP contribution in [0.1, 0.15) is 25.0 Å². The van der Waals surface area contributed by atoms with Crippen LogP contribution in [0.5, 0.6) is 0 Å². The minimum atomic E-state index is -0.548. The van der Waals surface area contributed by atoms with E-state index >= 15 is 0 Å². The van der Waals surface area contributed by atoms with Crippen LogP contribution in [0, 0.1) is 17.3 Å². The van der Waals surface area contributed by atoms with E-state index in [2.05, 4.69) is 15.4 Å². The van der Waals surface area contributed by atoms with Gasteiger partial charge in [0.15, 0.2) is 0 Å². The Balaban J connectivity index is 2.77. The van der Waals surface area contributed by atoms with E-state index in [0.717, 1.165) is 0 Å². The van der Waals surface area contributed by atoms with E-state index in [-0.39, 0.29) is 18.0 Å². The largest absolute Gasteiger partial charge is 0.232 e. The van der Waals surface area contributed by atoms with Gasteiger partial charge in [-0.3, -0.25) is 0 Å². The molecule has 0 spiro atoms.